The highest BCUT2D eigenvalue weighted by Crippen LogP contribution is 2.15. The first-order chi connectivity index (χ1) is 9.56. The first-order valence-electron chi connectivity index (χ1n) is 6.29. The van der Waals surface area contributed by atoms with Crippen LogP contribution in [0.3, 0.4) is 0 Å². The number of anilines is 1. The van der Waals surface area contributed by atoms with Crippen molar-refractivity contribution in [3.05, 3.63) is 46.4 Å². The standard InChI is InChI=1S/C14H15N5O/c1-9-6-4-5-7-11(9)19-8-10-12(17-19)15-14(18(2)3)16-13(10)20/h4-8H,1-3H3,(H,15,16,17,20). The quantitative estimate of drug-likeness (QED) is 0.765. The van der Waals surface area contributed by atoms with Crippen molar-refractivity contribution in [1.29, 1.82) is 0 Å². The summed E-state index contributed by atoms with van der Waals surface area (Å²) in [6.45, 7) is 2.00. The molecule has 3 aromatic rings. The average Bonchev–Trinajstić information content (AvgIpc) is 2.83. The van der Waals surface area contributed by atoms with Crippen LogP contribution in [0.4, 0.5) is 5.95 Å². The van der Waals surface area contributed by atoms with Crippen LogP contribution in [0.15, 0.2) is 35.3 Å². The molecule has 6 nitrogen and oxygen atoms in total. The largest absolute Gasteiger partial charge is 0.348 e. The molecule has 0 saturated heterocycles. The Morgan fingerprint density at radius 2 is 2.00 bits per heavy atom. The van der Waals surface area contributed by atoms with E-state index < -0.39 is 0 Å². The number of hydrogen-bond donors (Lipinski definition) is 1. The van der Waals surface area contributed by atoms with Crippen LogP contribution in [0.25, 0.3) is 16.7 Å². The van der Waals surface area contributed by atoms with Crippen molar-refractivity contribution in [2.24, 2.45) is 0 Å². The van der Waals surface area contributed by atoms with Crippen molar-refractivity contribution in [1.82, 2.24) is 19.7 Å². The van der Waals surface area contributed by atoms with Gasteiger partial charge < -0.3 is 4.90 Å². The van der Waals surface area contributed by atoms with E-state index in [0.717, 1.165) is 11.3 Å². The molecule has 2 heterocycles. The van der Waals surface area contributed by atoms with Gasteiger partial charge in [0, 0.05) is 20.3 Å². The molecular formula is C14H15N5O. The van der Waals surface area contributed by atoms with Crippen LogP contribution in [0.1, 0.15) is 5.56 Å². The number of aryl methyl sites for hydroxylation is 1. The summed E-state index contributed by atoms with van der Waals surface area (Å²) in [5, 5.41) is 4.89. The molecule has 1 aromatic carbocycles. The SMILES string of the molecule is Cc1ccccc1-n1cc2c(=O)[nH]c(N(C)C)nc2n1. The number of fused-ring (bicyclic) bond motifs is 1. The van der Waals surface area contributed by atoms with Gasteiger partial charge in [0.25, 0.3) is 5.56 Å². The molecule has 3 rings (SSSR count). The van der Waals surface area contributed by atoms with Crippen molar-refractivity contribution in [3.8, 4) is 5.69 Å². The second-order valence-electron chi connectivity index (χ2n) is 4.88. The molecule has 0 spiro atoms. The highest BCUT2D eigenvalue weighted by Gasteiger charge is 2.11. The van der Waals surface area contributed by atoms with Crippen molar-refractivity contribution >= 4 is 17.0 Å². The van der Waals surface area contributed by atoms with E-state index in [0.29, 0.717) is 17.0 Å². The Kier molecular flexibility index (Phi) is 2.78. The maximum Gasteiger partial charge on any atom is 0.263 e. The topological polar surface area (TPSA) is 66.8 Å². The number of rotatable bonds is 2. The minimum atomic E-state index is -0.182. The molecule has 20 heavy (non-hydrogen) atoms. The molecule has 0 unspecified atom stereocenters. The van der Waals surface area contributed by atoms with E-state index in [9.17, 15) is 4.79 Å². The Balaban J connectivity index is 2.24. The van der Waals surface area contributed by atoms with E-state index >= 15 is 0 Å². The summed E-state index contributed by atoms with van der Waals surface area (Å²) in [6, 6.07) is 7.88. The minimum Gasteiger partial charge on any atom is -0.348 e. The van der Waals surface area contributed by atoms with E-state index in [1.807, 2.05) is 45.3 Å². The number of aromatic nitrogens is 4. The van der Waals surface area contributed by atoms with E-state index in [2.05, 4.69) is 15.1 Å². The fourth-order valence-corrected chi connectivity index (χ4v) is 2.06. The lowest BCUT2D eigenvalue weighted by atomic mass is 10.2. The number of nitrogens with one attached hydrogen (secondary N) is 1. The summed E-state index contributed by atoms with van der Waals surface area (Å²) < 4.78 is 1.70. The normalized spacial score (nSPS) is 10.9. The van der Waals surface area contributed by atoms with Gasteiger partial charge in [0.2, 0.25) is 5.95 Å². The van der Waals surface area contributed by atoms with E-state index in [4.69, 9.17) is 0 Å². The van der Waals surface area contributed by atoms with Crippen LogP contribution in [0.5, 0.6) is 0 Å². The lowest BCUT2D eigenvalue weighted by molar-refractivity contribution is 0.879. The number of hydrogen-bond acceptors (Lipinski definition) is 4. The van der Waals surface area contributed by atoms with Gasteiger partial charge in [-0.2, -0.15) is 4.98 Å². The zero-order valence-corrected chi connectivity index (χ0v) is 11.6. The van der Waals surface area contributed by atoms with Crippen molar-refractivity contribution in [3.63, 3.8) is 0 Å². The van der Waals surface area contributed by atoms with Gasteiger partial charge in [0.1, 0.15) is 5.39 Å². The lowest BCUT2D eigenvalue weighted by Gasteiger charge is -2.08. The van der Waals surface area contributed by atoms with Gasteiger partial charge in [-0.15, -0.1) is 5.10 Å². The first kappa shape index (κ1) is 12.4. The summed E-state index contributed by atoms with van der Waals surface area (Å²) in [4.78, 5) is 20.9. The maximum absolute atomic E-state index is 12.1. The third-order valence-corrected chi connectivity index (χ3v) is 3.16. The molecule has 2 aromatic heterocycles. The monoisotopic (exact) mass is 269 g/mol. The second kappa shape index (κ2) is 4.48. The fraction of sp³-hybridized carbons (Fsp3) is 0.214. The van der Waals surface area contributed by atoms with Crippen LogP contribution in [-0.2, 0) is 0 Å². The number of aromatic amines is 1. The molecule has 0 aliphatic rings. The molecule has 0 bridgehead atoms. The predicted molar refractivity (Wildman–Crippen MR) is 78.5 cm³/mol. The highest BCUT2D eigenvalue weighted by atomic mass is 16.1. The number of para-hydroxylation sites is 1. The number of H-pyrrole nitrogens is 1. The molecule has 0 saturated carbocycles. The zero-order valence-electron chi connectivity index (χ0n) is 11.6. The average molecular weight is 269 g/mol. The summed E-state index contributed by atoms with van der Waals surface area (Å²) in [5.41, 5.74) is 2.29. The summed E-state index contributed by atoms with van der Waals surface area (Å²) in [6.07, 6.45) is 1.71. The smallest absolute Gasteiger partial charge is 0.263 e. The molecular weight excluding hydrogens is 254 g/mol. The van der Waals surface area contributed by atoms with E-state index in [1.54, 1.807) is 15.8 Å². The Morgan fingerprint density at radius 1 is 1.25 bits per heavy atom. The van der Waals surface area contributed by atoms with Gasteiger partial charge >= 0.3 is 0 Å². The molecule has 0 aliphatic carbocycles. The van der Waals surface area contributed by atoms with Crippen LogP contribution < -0.4 is 10.5 Å². The van der Waals surface area contributed by atoms with Crippen LogP contribution >= 0.6 is 0 Å². The molecule has 1 N–H and O–H groups in total. The van der Waals surface area contributed by atoms with Gasteiger partial charge in [-0.05, 0) is 18.6 Å². The van der Waals surface area contributed by atoms with Gasteiger partial charge in [0.05, 0.1) is 5.69 Å². The minimum absolute atomic E-state index is 0.182. The van der Waals surface area contributed by atoms with Crippen molar-refractivity contribution < 1.29 is 0 Å². The van der Waals surface area contributed by atoms with Crippen LogP contribution in [0, 0.1) is 6.92 Å². The Labute approximate surface area is 115 Å². The Hall–Kier alpha value is -2.63. The molecule has 102 valence electrons. The Bertz CT molecular complexity index is 831. The number of nitrogens with zero attached hydrogens (tertiary/aromatic N) is 4. The molecule has 0 atom stereocenters. The fourth-order valence-electron chi connectivity index (χ4n) is 2.06. The zero-order chi connectivity index (χ0) is 14.3. The van der Waals surface area contributed by atoms with Crippen molar-refractivity contribution in [2.45, 2.75) is 6.92 Å². The summed E-state index contributed by atoms with van der Waals surface area (Å²) in [7, 11) is 3.64. The second-order valence-corrected chi connectivity index (χ2v) is 4.88. The summed E-state index contributed by atoms with van der Waals surface area (Å²) in [5.74, 6) is 0.498. The molecule has 0 aliphatic heterocycles. The van der Waals surface area contributed by atoms with Gasteiger partial charge in [-0.3, -0.25) is 9.78 Å². The van der Waals surface area contributed by atoms with Gasteiger partial charge in [0.15, 0.2) is 5.65 Å². The molecule has 0 amide bonds. The third kappa shape index (κ3) is 1.95. The van der Waals surface area contributed by atoms with Gasteiger partial charge in [-0.1, -0.05) is 18.2 Å². The summed E-state index contributed by atoms with van der Waals surface area (Å²) >= 11 is 0. The van der Waals surface area contributed by atoms with Crippen LogP contribution in [0.2, 0.25) is 0 Å². The molecule has 0 fully saturated rings. The predicted octanol–water partition coefficient (Wildman–Crippen LogP) is 1.48. The number of benzene rings is 1. The van der Waals surface area contributed by atoms with E-state index in [1.165, 1.54) is 0 Å². The van der Waals surface area contributed by atoms with E-state index in [-0.39, 0.29) is 5.56 Å². The lowest BCUT2D eigenvalue weighted by Crippen LogP contribution is -2.18. The van der Waals surface area contributed by atoms with Crippen LogP contribution in [-0.4, -0.2) is 33.8 Å². The molecule has 6 heteroatoms. The van der Waals surface area contributed by atoms with Gasteiger partial charge in [-0.25, -0.2) is 4.68 Å². The highest BCUT2D eigenvalue weighted by molar-refractivity contribution is 5.74. The third-order valence-electron chi connectivity index (χ3n) is 3.16. The van der Waals surface area contributed by atoms with Crippen molar-refractivity contribution in [2.75, 3.05) is 19.0 Å². The Morgan fingerprint density at radius 3 is 2.70 bits per heavy atom. The maximum atomic E-state index is 12.1. The first-order valence-corrected chi connectivity index (χ1v) is 6.29. The molecule has 0 radical (unpaired) electrons.